The van der Waals surface area contributed by atoms with Crippen LogP contribution in [0.4, 0.5) is 4.39 Å². The lowest BCUT2D eigenvalue weighted by atomic mass is 10.2. The normalized spacial score (nSPS) is 12.9. The van der Waals surface area contributed by atoms with E-state index in [1.807, 2.05) is 0 Å². The van der Waals surface area contributed by atoms with Crippen LogP contribution in [0.15, 0.2) is 24.3 Å². The summed E-state index contributed by atoms with van der Waals surface area (Å²) in [6.45, 7) is 1.89. The second kappa shape index (κ2) is 6.90. The van der Waals surface area contributed by atoms with Gasteiger partial charge in [0.05, 0.1) is 5.75 Å². The standard InChI is InChI=1S/C10H15FN2O2S.ClH/c1-8(6-12)13-16(14,15)7-9-3-2-4-10(11)5-9;/h2-5,8,13H,6-7,12H2,1H3;1H/t8-;/m0./s1. The maximum Gasteiger partial charge on any atom is 0.216 e. The van der Waals surface area contributed by atoms with Crippen LogP contribution in [0, 0.1) is 5.82 Å². The van der Waals surface area contributed by atoms with Gasteiger partial charge in [-0.05, 0) is 24.6 Å². The molecular formula is C10H16ClFN2O2S. The average Bonchev–Trinajstić information content (AvgIpc) is 2.15. The van der Waals surface area contributed by atoms with E-state index in [1.165, 1.54) is 18.2 Å². The van der Waals surface area contributed by atoms with Crippen LogP contribution in [0.3, 0.4) is 0 Å². The number of rotatable bonds is 5. The van der Waals surface area contributed by atoms with E-state index in [0.717, 1.165) is 0 Å². The fourth-order valence-corrected chi connectivity index (χ4v) is 2.65. The molecule has 0 fully saturated rings. The number of halogens is 2. The molecule has 0 bridgehead atoms. The molecule has 0 saturated heterocycles. The summed E-state index contributed by atoms with van der Waals surface area (Å²) < 4.78 is 38.4. The van der Waals surface area contributed by atoms with Crippen molar-refractivity contribution in [2.75, 3.05) is 6.54 Å². The fraction of sp³-hybridized carbons (Fsp3) is 0.400. The molecule has 98 valence electrons. The van der Waals surface area contributed by atoms with Crippen molar-refractivity contribution in [2.45, 2.75) is 18.7 Å². The van der Waals surface area contributed by atoms with E-state index in [-0.39, 0.29) is 30.7 Å². The van der Waals surface area contributed by atoms with Crippen molar-refractivity contribution in [3.8, 4) is 0 Å². The molecule has 1 rings (SSSR count). The van der Waals surface area contributed by atoms with Gasteiger partial charge in [0.1, 0.15) is 5.82 Å². The first kappa shape index (κ1) is 16.3. The van der Waals surface area contributed by atoms with Crippen LogP contribution in [0.2, 0.25) is 0 Å². The third kappa shape index (κ3) is 5.97. The molecule has 0 aliphatic carbocycles. The molecule has 0 aliphatic heterocycles. The zero-order valence-corrected chi connectivity index (χ0v) is 11.0. The molecular weight excluding hydrogens is 267 g/mol. The van der Waals surface area contributed by atoms with Gasteiger partial charge in [-0.25, -0.2) is 17.5 Å². The van der Waals surface area contributed by atoms with Crippen molar-refractivity contribution in [1.29, 1.82) is 0 Å². The SMILES string of the molecule is C[C@@H](CN)NS(=O)(=O)Cc1cccc(F)c1.Cl. The summed E-state index contributed by atoms with van der Waals surface area (Å²) in [6.07, 6.45) is 0. The van der Waals surface area contributed by atoms with Crippen LogP contribution in [0.25, 0.3) is 0 Å². The number of hydrogen-bond acceptors (Lipinski definition) is 3. The van der Waals surface area contributed by atoms with Gasteiger partial charge in [-0.15, -0.1) is 12.4 Å². The van der Waals surface area contributed by atoms with Crippen molar-refractivity contribution >= 4 is 22.4 Å². The Morgan fingerprint density at radius 3 is 2.65 bits per heavy atom. The Morgan fingerprint density at radius 2 is 2.12 bits per heavy atom. The van der Waals surface area contributed by atoms with Gasteiger partial charge in [-0.1, -0.05) is 12.1 Å². The van der Waals surface area contributed by atoms with Gasteiger partial charge in [0.2, 0.25) is 10.0 Å². The average molecular weight is 283 g/mol. The van der Waals surface area contributed by atoms with Crippen LogP contribution in [-0.2, 0) is 15.8 Å². The van der Waals surface area contributed by atoms with Gasteiger partial charge in [-0.2, -0.15) is 0 Å². The summed E-state index contributed by atoms with van der Waals surface area (Å²) in [4.78, 5) is 0. The third-order valence-electron chi connectivity index (χ3n) is 1.98. The first-order valence-corrected chi connectivity index (χ1v) is 6.52. The van der Waals surface area contributed by atoms with Gasteiger partial charge in [0.15, 0.2) is 0 Å². The summed E-state index contributed by atoms with van der Waals surface area (Å²) in [7, 11) is -3.46. The minimum absolute atomic E-state index is 0. The predicted molar refractivity (Wildman–Crippen MR) is 67.9 cm³/mol. The Bertz CT molecular complexity index is 453. The molecule has 0 aromatic heterocycles. The largest absolute Gasteiger partial charge is 0.329 e. The summed E-state index contributed by atoms with van der Waals surface area (Å²) in [5.41, 5.74) is 5.72. The molecule has 0 amide bonds. The van der Waals surface area contributed by atoms with E-state index in [2.05, 4.69) is 4.72 Å². The molecule has 4 nitrogen and oxygen atoms in total. The van der Waals surface area contributed by atoms with E-state index in [0.29, 0.717) is 5.56 Å². The highest BCUT2D eigenvalue weighted by Gasteiger charge is 2.14. The van der Waals surface area contributed by atoms with Gasteiger partial charge in [-0.3, -0.25) is 0 Å². The molecule has 7 heteroatoms. The smallest absolute Gasteiger partial charge is 0.216 e. The lowest BCUT2D eigenvalue weighted by Crippen LogP contribution is -2.38. The number of hydrogen-bond donors (Lipinski definition) is 2. The molecule has 0 radical (unpaired) electrons. The molecule has 0 aliphatic rings. The quantitative estimate of drug-likeness (QED) is 0.847. The van der Waals surface area contributed by atoms with E-state index < -0.39 is 15.8 Å². The van der Waals surface area contributed by atoms with Crippen molar-refractivity contribution in [3.63, 3.8) is 0 Å². The number of sulfonamides is 1. The second-order valence-electron chi connectivity index (χ2n) is 3.64. The van der Waals surface area contributed by atoms with E-state index in [9.17, 15) is 12.8 Å². The summed E-state index contributed by atoms with van der Waals surface area (Å²) >= 11 is 0. The highest BCUT2D eigenvalue weighted by atomic mass is 35.5. The van der Waals surface area contributed by atoms with Gasteiger partial charge < -0.3 is 5.73 Å². The van der Waals surface area contributed by atoms with E-state index in [1.54, 1.807) is 13.0 Å². The monoisotopic (exact) mass is 282 g/mol. The summed E-state index contributed by atoms with van der Waals surface area (Å²) in [5.74, 6) is -0.686. The number of nitrogens with one attached hydrogen (secondary N) is 1. The Kier molecular flexibility index (Phi) is 6.62. The van der Waals surface area contributed by atoms with Crippen LogP contribution in [-0.4, -0.2) is 21.0 Å². The Balaban J connectivity index is 0.00000256. The third-order valence-corrected chi connectivity index (χ3v) is 3.45. The molecule has 17 heavy (non-hydrogen) atoms. The molecule has 0 saturated carbocycles. The molecule has 0 spiro atoms. The molecule has 1 aromatic carbocycles. The number of nitrogens with two attached hydrogens (primary N) is 1. The molecule has 3 N–H and O–H groups in total. The van der Waals surface area contributed by atoms with Crippen molar-refractivity contribution in [3.05, 3.63) is 35.6 Å². The maximum absolute atomic E-state index is 12.8. The Hall–Kier alpha value is -0.690. The zero-order valence-electron chi connectivity index (χ0n) is 9.39. The molecule has 0 unspecified atom stereocenters. The van der Waals surface area contributed by atoms with Crippen molar-refractivity contribution in [1.82, 2.24) is 4.72 Å². The van der Waals surface area contributed by atoms with Crippen molar-refractivity contribution < 1.29 is 12.8 Å². The fourth-order valence-electron chi connectivity index (χ4n) is 1.24. The minimum atomic E-state index is -3.46. The van der Waals surface area contributed by atoms with E-state index in [4.69, 9.17) is 5.73 Å². The first-order valence-electron chi connectivity index (χ1n) is 4.87. The summed E-state index contributed by atoms with van der Waals surface area (Å²) in [6, 6.07) is 5.19. The zero-order chi connectivity index (χ0) is 12.2. The number of benzene rings is 1. The van der Waals surface area contributed by atoms with Crippen LogP contribution < -0.4 is 10.5 Å². The maximum atomic E-state index is 12.8. The molecule has 0 heterocycles. The Labute approximate surface area is 107 Å². The van der Waals surface area contributed by atoms with Gasteiger partial charge in [0, 0.05) is 12.6 Å². The lowest BCUT2D eigenvalue weighted by molar-refractivity contribution is 0.561. The molecule has 1 atom stereocenters. The van der Waals surface area contributed by atoms with Gasteiger partial charge in [0.25, 0.3) is 0 Å². The van der Waals surface area contributed by atoms with Crippen LogP contribution in [0.5, 0.6) is 0 Å². The second-order valence-corrected chi connectivity index (χ2v) is 5.40. The molecule has 1 aromatic rings. The van der Waals surface area contributed by atoms with Gasteiger partial charge >= 0.3 is 0 Å². The lowest BCUT2D eigenvalue weighted by Gasteiger charge is -2.11. The first-order chi connectivity index (χ1) is 7.43. The van der Waals surface area contributed by atoms with Crippen LogP contribution >= 0.6 is 12.4 Å². The van der Waals surface area contributed by atoms with E-state index >= 15 is 0 Å². The minimum Gasteiger partial charge on any atom is -0.329 e. The topological polar surface area (TPSA) is 72.2 Å². The van der Waals surface area contributed by atoms with Crippen LogP contribution in [0.1, 0.15) is 12.5 Å². The highest BCUT2D eigenvalue weighted by Crippen LogP contribution is 2.07. The Morgan fingerprint density at radius 1 is 1.47 bits per heavy atom. The highest BCUT2D eigenvalue weighted by molar-refractivity contribution is 7.88. The summed E-state index contributed by atoms with van der Waals surface area (Å²) in [5, 5.41) is 0. The van der Waals surface area contributed by atoms with Crippen molar-refractivity contribution in [2.24, 2.45) is 5.73 Å². The predicted octanol–water partition coefficient (Wildman–Crippen LogP) is 1.01.